The van der Waals surface area contributed by atoms with Crippen LogP contribution in [0.5, 0.6) is 0 Å². The van der Waals surface area contributed by atoms with E-state index in [1.807, 2.05) is 56.3 Å². The van der Waals surface area contributed by atoms with Crippen LogP contribution in [0.2, 0.25) is 0 Å². The normalized spacial score (nSPS) is 17.5. The number of ether oxygens (including phenoxy) is 1. The molecule has 4 rings (SSSR count). The molecule has 0 saturated carbocycles. The predicted octanol–water partition coefficient (Wildman–Crippen LogP) is 3.02. The number of nitrogens with one attached hydrogen (secondary N) is 1. The maximum Gasteiger partial charge on any atom is 0.359 e. The van der Waals surface area contributed by atoms with Crippen molar-refractivity contribution in [3.8, 4) is 0 Å². The van der Waals surface area contributed by atoms with E-state index in [1.54, 1.807) is 17.6 Å². The van der Waals surface area contributed by atoms with Crippen LogP contribution in [0.1, 0.15) is 44.6 Å². The van der Waals surface area contributed by atoms with Crippen molar-refractivity contribution in [3.63, 3.8) is 0 Å². The minimum Gasteiger partial charge on any atom is -0.464 e. The molecule has 3 aromatic rings. The standard InChI is InChI=1S/C25H26N4O4/c1-16-8-10-18(11-9-16)13-26-24(32)25(3)14-28-15-27-20(23(31)33-4)21(28)22(30)29(25)19-7-5-6-17(2)12-19/h5-12,15H,13-14H2,1-4H3,(H,26,32). The highest BCUT2D eigenvalue weighted by atomic mass is 16.5. The maximum absolute atomic E-state index is 13.7. The molecule has 0 bridgehead atoms. The average Bonchev–Trinajstić information content (AvgIpc) is 3.21. The third-order valence-electron chi connectivity index (χ3n) is 5.92. The molecule has 0 aliphatic carbocycles. The van der Waals surface area contributed by atoms with Gasteiger partial charge in [-0.25, -0.2) is 9.78 Å². The molecule has 0 radical (unpaired) electrons. The molecule has 33 heavy (non-hydrogen) atoms. The topological polar surface area (TPSA) is 93.5 Å². The minimum atomic E-state index is -1.25. The number of fused-ring (bicyclic) bond motifs is 1. The molecule has 1 N–H and O–H groups in total. The van der Waals surface area contributed by atoms with E-state index < -0.39 is 17.4 Å². The number of benzene rings is 2. The summed E-state index contributed by atoms with van der Waals surface area (Å²) in [4.78, 5) is 45.1. The Morgan fingerprint density at radius 3 is 2.52 bits per heavy atom. The quantitative estimate of drug-likeness (QED) is 0.608. The summed E-state index contributed by atoms with van der Waals surface area (Å²) in [6.07, 6.45) is 1.40. The molecule has 0 saturated heterocycles. The smallest absolute Gasteiger partial charge is 0.359 e. The summed E-state index contributed by atoms with van der Waals surface area (Å²) in [7, 11) is 1.24. The first-order valence-electron chi connectivity index (χ1n) is 10.6. The van der Waals surface area contributed by atoms with Crippen LogP contribution < -0.4 is 10.2 Å². The molecule has 2 amide bonds. The lowest BCUT2D eigenvalue weighted by atomic mass is 9.93. The number of hydrogen-bond donors (Lipinski definition) is 1. The molecular formula is C25H26N4O4. The first kappa shape index (κ1) is 22.3. The van der Waals surface area contributed by atoms with Gasteiger partial charge in [0.15, 0.2) is 5.69 Å². The second-order valence-corrected chi connectivity index (χ2v) is 8.48. The third-order valence-corrected chi connectivity index (χ3v) is 5.92. The fourth-order valence-corrected chi connectivity index (χ4v) is 4.13. The van der Waals surface area contributed by atoms with Gasteiger partial charge in [-0.05, 0) is 44.0 Å². The number of nitrogens with zero attached hydrogens (tertiary/aromatic N) is 3. The Balaban J connectivity index is 1.74. The minimum absolute atomic E-state index is 0.0673. The molecule has 2 heterocycles. The van der Waals surface area contributed by atoms with E-state index in [1.165, 1.54) is 18.3 Å². The second kappa shape index (κ2) is 8.54. The number of anilines is 1. The molecule has 1 atom stereocenters. The molecular weight excluding hydrogens is 420 g/mol. The van der Waals surface area contributed by atoms with Gasteiger partial charge in [-0.15, -0.1) is 0 Å². The van der Waals surface area contributed by atoms with Crippen LogP contribution in [-0.2, 0) is 22.6 Å². The van der Waals surface area contributed by atoms with E-state index >= 15 is 0 Å². The van der Waals surface area contributed by atoms with Gasteiger partial charge in [-0.2, -0.15) is 0 Å². The highest BCUT2D eigenvalue weighted by molar-refractivity contribution is 6.15. The van der Waals surface area contributed by atoms with Crippen LogP contribution in [0.4, 0.5) is 5.69 Å². The van der Waals surface area contributed by atoms with Gasteiger partial charge in [0.1, 0.15) is 11.2 Å². The number of amides is 2. The van der Waals surface area contributed by atoms with Gasteiger partial charge < -0.3 is 14.6 Å². The summed E-state index contributed by atoms with van der Waals surface area (Å²) in [6, 6.07) is 15.2. The largest absolute Gasteiger partial charge is 0.464 e. The van der Waals surface area contributed by atoms with Crippen LogP contribution >= 0.6 is 0 Å². The van der Waals surface area contributed by atoms with Crippen molar-refractivity contribution < 1.29 is 19.1 Å². The first-order valence-corrected chi connectivity index (χ1v) is 10.6. The molecule has 8 nitrogen and oxygen atoms in total. The van der Waals surface area contributed by atoms with Crippen molar-refractivity contribution in [3.05, 3.63) is 82.9 Å². The summed E-state index contributed by atoms with van der Waals surface area (Å²) < 4.78 is 6.35. The number of esters is 1. The Morgan fingerprint density at radius 1 is 1.12 bits per heavy atom. The Kier molecular flexibility index (Phi) is 5.76. The van der Waals surface area contributed by atoms with Gasteiger partial charge >= 0.3 is 5.97 Å². The van der Waals surface area contributed by atoms with E-state index in [4.69, 9.17) is 4.74 Å². The number of aryl methyl sites for hydroxylation is 2. The van der Waals surface area contributed by atoms with Crippen molar-refractivity contribution >= 4 is 23.5 Å². The third kappa shape index (κ3) is 4.00. The average molecular weight is 447 g/mol. The van der Waals surface area contributed by atoms with Crippen LogP contribution in [-0.4, -0.2) is 40.0 Å². The van der Waals surface area contributed by atoms with Gasteiger partial charge in [0, 0.05) is 12.2 Å². The fraction of sp³-hybridized carbons (Fsp3) is 0.280. The highest BCUT2D eigenvalue weighted by Gasteiger charge is 2.49. The lowest BCUT2D eigenvalue weighted by Crippen LogP contribution is -2.64. The molecule has 1 unspecified atom stereocenters. The van der Waals surface area contributed by atoms with Gasteiger partial charge in [-0.3, -0.25) is 14.5 Å². The molecule has 170 valence electrons. The van der Waals surface area contributed by atoms with E-state index in [2.05, 4.69) is 10.3 Å². The number of rotatable bonds is 5. The second-order valence-electron chi connectivity index (χ2n) is 8.48. The van der Waals surface area contributed by atoms with E-state index in [0.29, 0.717) is 12.2 Å². The SMILES string of the molecule is COC(=O)c1ncn2c1C(=O)N(c1cccc(C)c1)C(C)(C(=O)NCc1ccc(C)cc1)C2. The van der Waals surface area contributed by atoms with Crippen LogP contribution in [0.15, 0.2) is 54.9 Å². The van der Waals surface area contributed by atoms with E-state index in [0.717, 1.165) is 16.7 Å². The van der Waals surface area contributed by atoms with Crippen LogP contribution in [0.3, 0.4) is 0 Å². The first-order chi connectivity index (χ1) is 15.7. The van der Waals surface area contributed by atoms with E-state index in [-0.39, 0.29) is 23.8 Å². The number of aromatic nitrogens is 2. The fourth-order valence-electron chi connectivity index (χ4n) is 4.13. The van der Waals surface area contributed by atoms with Crippen molar-refractivity contribution in [2.24, 2.45) is 0 Å². The Morgan fingerprint density at radius 2 is 1.85 bits per heavy atom. The zero-order chi connectivity index (χ0) is 23.8. The maximum atomic E-state index is 13.7. The van der Waals surface area contributed by atoms with Gasteiger partial charge in [0.05, 0.1) is 20.0 Å². The molecule has 2 aromatic carbocycles. The van der Waals surface area contributed by atoms with Crippen molar-refractivity contribution in [1.82, 2.24) is 14.9 Å². The summed E-state index contributed by atoms with van der Waals surface area (Å²) in [5.41, 5.74) is 2.38. The summed E-state index contributed by atoms with van der Waals surface area (Å²) in [6.45, 7) is 6.10. The van der Waals surface area contributed by atoms with Gasteiger partial charge in [0.25, 0.3) is 5.91 Å². The van der Waals surface area contributed by atoms with Crippen molar-refractivity contribution in [2.45, 2.75) is 39.4 Å². The number of carbonyl (C=O) groups excluding carboxylic acids is 3. The molecule has 1 aliphatic rings. The van der Waals surface area contributed by atoms with E-state index in [9.17, 15) is 14.4 Å². The summed E-state index contributed by atoms with van der Waals surface area (Å²) >= 11 is 0. The highest BCUT2D eigenvalue weighted by Crippen LogP contribution is 2.34. The zero-order valence-electron chi connectivity index (χ0n) is 19.1. The number of imidazole rings is 1. The van der Waals surface area contributed by atoms with Crippen molar-refractivity contribution in [1.29, 1.82) is 0 Å². The Hall–Kier alpha value is -3.94. The van der Waals surface area contributed by atoms with Crippen LogP contribution in [0, 0.1) is 13.8 Å². The molecule has 0 spiro atoms. The molecule has 1 aliphatic heterocycles. The number of carbonyl (C=O) groups is 3. The number of hydrogen-bond acceptors (Lipinski definition) is 5. The van der Waals surface area contributed by atoms with Gasteiger partial charge in [0.2, 0.25) is 5.91 Å². The van der Waals surface area contributed by atoms with Crippen LogP contribution in [0.25, 0.3) is 0 Å². The summed E-state index contributed by atoms with van der Waals surface area (Å²) in [5.74, 6) is -1.50. The number of methoxy groups -OCH3 is 1. The van der Waals surface area contributed by atoms with Crippen molar-refractivity contribution in [2.75, 3.05) is 12.0 Å². The molecule has 8 heteroatoms. The monoisotopic (exact) mass is 446 g/mol. The predicted molar refractivity (Wildman–Crippen MR) is 123 cm³/mol. The molecule has 1 aromatic heterocycles. The Labute approximate surface area is 192 Å². The Bertz CT molecular complexity index is 1230. The lowest BCUT2D eigenvalue weighted by molar-refractivity contribution is -0.126. The lowest BCUT2D eigenvalue weighted by Gasteiger charge is -2.43. The zero-order valence-corrected chi connectivity index (χ0v) is 19.1. The molecule has 0 fully saturated rings. The van der Waals surface area contributed by atoms with Gasteiger partial charge in [-0.1, -0.05) is 42.0 Å². The summed E-state index contributed by atoms with van der Waals surface area (Å²) in [5, 5.41) is 2.98.